The minimum absolute atomic E-state index is 0.203. The van der Waals surface area contributed by atoms with Crippen LogP contribution in [-0.2, 0) is 23.8 Å². The smallest absolute Gasteiger partial charge is 0.350 e. The maximum absolute atomic E-state index is 11.9. The molecule has 0 amide bonds. The van der Waals surface area contributed by atoms with E-state index in [9.17, 15) is 9.59 Å². The number of hydrogen-bond donors (Lipinski definition) is 0. The number of ether oxygens (including phenoxy) is 3. The van der Waals surface area contributed by atoms with Crippen molar-refractivity contribution in [3.8, 4) is 0 Å². The van der Waals surface area contributed by atoms with Crippen molar-refractivity contribution in [2.45, 2.75) is 26.0 Å². The standard InChI is InChI=1S/C15H17NO5/c1-3-19-14(17)11-12(15(18)20-4-2)21-13(16-11)10-8-6-5-7-9-10/h5-9,11-12H,3-4H2,1-2H3/t11-,12+/m1/s1. The van der Waals surface area contributed by atoms with Gasteiger partial charge in [0, 0.05) is 5.56 Å². The molecule has 0 aliphatic carbocycles. The number of nitrogens with zero attached hydrogens (tertiary/aromatic N) is 1. The normalized spacial score (nSPS) is 20.4. The van der Waals surface area contributed by atoms with E-state index >= 15 is 0 Å². The molecule has 0 unspecified atom stereocenters. The SMILES string of the molecule is CCOC(=O)[C@H]1OC(c2ccccc2)=N[C@H]1C(=O)OCC. The van der Waals surface area contributed by atoms with Crippen molar-refractivity contribution in [3.05, 3.63) is 35.9 Å². The van der Waals surface area contributed by atoms with Crippen molar-refractivity contribution < 1.29 is 23.8 Å². The molecule has 0 aromatic heterocycles. The van der Waals surface area contributed by atoms with Gasteiger partial charge in [0.05, 0.1) is 13.2 Å². The summed E-state index contributed by atoms with van der Waals surface area (Å²) in [5, 5.41) is 0. The molecule has 6 heteroatoms. The van der Waals surface area contributed by atoms with E-state index < -0.39 is 24.1 Å². The average Bonchev–Trinajstić information content (AvgIpc) is 2.94. The number of hydrogen-bond acceptors (Lipinski definition) is 6. The van der Waals surface area contributed by atoms with Crippen LogP contribution in [-0.4, -0.2) is 43.2 Å². The highest BCUT2D eigenvalue weighted by Crippen LogP contribution is 2.20. The zero-order chi connectivity index (χ0) is 15.2. The second-order valence-corrected chi connectivity index (χ2v) is 4.29. The second kappa shape index (κ2) is 6.88. The number of rotatable bonds is 5. The van der Waals surface area contributed by atoms with Crippen molar-refractivity contribution in [1.29, 1.82) is 0 Å². The van der Waals surface area contributed by atoms with Crippen LogP contribution in [0.15, 0.2) is 35.3 Å². The van der Waals surface area contributed by atoms with Gasteiger partial charge in [0.2, 0.25) is 12.0 Å². The second-order valence-electron chi connectivity index (χ2n) is 4.29. The van der Waals surface area contributed by atoms with Crippen LogP contribution in [0.4, 0.5) is 0 Å². The third kappa shape index (κ3) is 3.39. The van der Waals surface area contributed by atoms with Gasteiger partial charge in [-0.1, -0.05) is 18.2 Å². The number of esters is 2. The van der Waals surface area contributed by atoms with Crippen molar-refractivity contribution in [2.24, 2.45) is 4.99 Å². The van der Waals surface area contributed by atoms with Crippen molar-refractivity contribution in [1.82, 2.24) is 0 Å². The molecule has 0 bridgehead atoms. The summed E-state index contributed by atoms with van der Waals surface area (Å²) in [6.07, 6.45) is -1.10. The van der Waals surface area contributed by atoms with E-state index in [0.29, 0.717) is 5.56 Å². The molecule has 6 nitrogen and oxygen atoms in total. The average molecular weight is 291 g/mol. The van der Waals surface area contributed by atoms with E-state index in [4.69, 9.17) is 14.2 Å². The molecule has 0 fully saturated rings. The van der Waals surface area contributed by atoms with Crippen LogP contribution < -0.4 is 0 Å². The zero-order valence-corrected chi connectivity index (χ0v) is 11.9. The number of carbonyl (C=O) groups excluding carboxylic acids is 2. The van der Waals surface area contributed by atoms with Gasteiger partial charge in [-0.05, 0) is 26.0 Å². The van der Waals surface area contributed by atoms with Gasteiger partial charge >= 0.3 is 11.9 Å². The molecule has 0 radical (unpaired) electrons. The Morgan fingerprint density at radius 2 is 1.71 bits per heavy atom. The van der Waals surface area contributed by atoms with Crippen LogP contribution in [0.2, 0.25) is 0 Å². The van der Waals surface area contributed by atoms with Crippen LogP contribution in [0.5, 0.6) is 0 Å². The Morgan fingerprint density at radius 3 is 2.33 bits per heavy atom. The third-order valence-corrected chi connectivity index (χ3v) is 2.85. The molecule has 2 rings (SSSR count). The Kier molecular flexibility index (Phi) is 4.92. The fourth-order valence-electron chi connectivity index (χ4n) is 1.94. The molecular formula is C15H17NO5. The first-order valence-electron chi connectivity index (χ1n) is 6.80. The van der Waals surface area contributed by atoms with Crippen LogP contribution in [0.25, 0.3) is 0 Å². The maximum Gasteiger partial charge on any atom is 0.350 e. The largest absolute Gasteiger partial charge is 0.464 e. The highest BCUT2D eigenvalue weighted by atomic mass is 16.6. The number of carbonyl (C=O) groups is 2. The van der Waals surface area contributed by atoms with E-state index in [1.807, 2.05) is 18.2 Å². The monoisotopic (exact) mass is 291 g/mol. The summed E-state index contributed by atoms with van der Waals surface area (Å²) in [6, 6.07) is 8.03. The maximum atomic E-state index is 11.9. The molecule has 0 N–H and O–H groups in total. The quantitative estimate of drug-likeness (QED) is 0.765. The summed E-state index contributed by atoms with van der Waals surface area (Å²) in [6.45, 7) is 3.79. The lowest BCUT2D eigenvalue weighted by atomic mass is 10.2. The van der Waals surface area contributed by atoms with Gasteiger partial charge in [-0.15, -0.1) is 0 Å². The molecule has 1 aromatic carbocycles. The Bertz CT molecular complexity index is 540. The molecule has 2 atom stereocenters. The molecule has 112 valence electrons. The summed E-state index contributed by atoms with van der Waals surface area (Å²) >= 11 is 0. The summed E-state index contributed by atoms with van der Waals surface area (Å²) in [5.41, 5.74) is 0.693. The Morgan fingerprint density at radius 1 is 1.10 bits per heavy atom. The lowest BCUT2D eigenvalue weighted by Gasteiger charge is -2.14. The fourth-order valence-corrected chi connectivity index (χ4v) is 1.94. The molecule has 0 saturated heterocycles. The number of aliphatic imine (C=N–C) groups is 1. The van der Waals surface area contributed by atoms with E-state index in [1.54, 1.807) is 26.0 Å². The molecule has 1 aliphatic rings. The first-order chi connectivity index (χ1) is 10.2. The molecule has 1 aliphatic heterocycles. The highest BCUT2D eigenvalue weighted by molar-refractivity contribution is 6.01. The highest BCUT2D eigenvalue weighted by Gasteiger charge is 2.43. The van der Waals surface area contributed by atoms with Gasteiger partial charge in [0.1, 0.15) is 0 Å². The van der Waals surface area contributed by atoms with Crippen molar-refractivity contribution >= 4 is 17.8 Å². The van der Waals surface area contributed by atoms with Gasteiger partial charge in [0.25, 0.3) is 0 Å². The van der Waals surface area contributed by atoms with Gasteiger partial charge in [0.15, 0.2) is 6.04 Å². The first kappa shape index (κ1) is 15.0. The van der Waals surface area contributed by atoms with Gasteiger partial charge in [-0.3, -0.25) is 0 Å². The predicted octanol–water partition coefficient (Wildman–Crippen LogP) is 1.33. The Hall–Kier alpha value is -2.37. The van der Waals surface area contributed by atoms with E-state index in [1.165, 1.54) is 0 Å². The van der Waals surface area contributed by atoms with Crippen molar-refractivity contribution in [3.63, 3.8) is 0 Å². The molecular weight excluding hydrogens is 274 g/mol. The van der Waals surface area contributed by atoms with E-state index in [-0.39, 0.29) is 19.1 Å². The fraction of sp³-hybridized carbons (Fsp3) is 0.400. The summed E-state index contributed by atoms with van der Waals surface area (Å²) in [7, 11) is 0. The van der Waals surface area contributed by atoms with Crippen LogP contribution >= 0.6 is 0 Å². The van der Waals surface area contributed by atoms with Gasteiger partial charge in [-0.2, -0.15) is 0 Å². The topological polar surface area (TPSA) is 74.2 Å². The van der Waals surface area contributed by atoms with E-state index in [2.05, 4.69) is 4.99 Å². The van der Waals surface area contributed by atoms with Crippen molar-refractivity contribution in [2.75, 3.05) is 13.2 Å². The van der Waals surface area contributed by atoms with Crippen LogP contribution in [0, 0.1) is 0 Å². The summed E-state index contributed by atoms with van der Waals surface area (Å²) in [5.74, 6) is -0.974. The van der Waals surface area contributed by atoms with E-state index in [0.717, 1.165) is 0 Å². The Labute approximate surface area is 122 Å². The minimum Gasteiger partial charge on any atom is -0.464 e. The lowest BCUT2D eigenvalue weighted by Crippen LogP contribution is -2.39. The molecule has 0 spiro atoms. The minimum atomic E-state index is -1.10. The zero-order valence-electron chi connectivity index (χ0n) is 11.9. The summed E-state index contributed by atoms with van der Waals surface area (Å²) in [4.78, 5) is 28.0. The van der Waals surface area contributed by atoms with Gasteiger partial charge in [-0.25, -0.2) is 14.6 Å². The number of benzene rings is 1. The third-order valence-electron chi connectivity index (χ3n) is 2.85. The Balaban J connectivity index is 2.24. The summed E-state index contributed by atoms with van der Waals surface area (Å²) < 4.78 is 15.4. The molecule has 0 saturated carbocycles. The molecule has 1 heterocycles. The molecule has 1 aromatic rings. The van der Waals surface area contributed by atoms with Gasteiger partial charge < -0.3 is 14.2 Å². The predicted molar refractivity (Wildman–Crippen MR) is 74.9 cm³/mol. The lowest BCUT2D eigenvalue weighted by molar-refractivity contribution is -0.158. The first-order valence-corrected chi connectivity index (χ1v) is 6.80. The van der Waals surface area contributed by atoms with Crippen LogP contribution in [0.1, 0.15) is 19.4 Å². The van der Waals surface area contributed by atoms with Crippen LogP contribution in [0.3, 0.4) is 0 Å². The molecule has 21 heavy (non-hydrogen) atoms.